The first-order valence-corrected chi connectivity index (χ1v) is 9.03. The van der Waals surface area contributed by atoms with Crippen LogP contribution in [0.5, 0.6) is 0 Å². The highest BCUT2D eigenvalue weighted by Gasteiger charge is 2.28. The number of carbonyl (C=O) groups is 2. The molecule has 1 aromatic heterocycles. The van der Waals surface area contributed by atoms with Gasteiger partial charge in [-0.2, -0.15) is 0 Å². The topological polar surface area (TPSA) is 90.0 Å². The van der Waals surface area contributed by atoms with Gasteiger partial charge >= 0.3 is 11.9 Å². The molecular weight excluding hydrogens is 354 g/mol. The zero-order valence-corrected chi connectivity index (χ0v) is 14.6. The smallest absolute Gasteiger partial charge is 0.337 e. The van der Waals surface area contributed by atoms with Crippen molar-refractivity contribution in [1.82, 2.24) is 0 Å². The van der Waals surface area contributed by atoms with Crippen LogP contribution < -0.4 is 4.31 Å². The van der Waals surface area contributed by atoms with Gasteiger partial charge in [0.25, 0.3) is 10.0 Å². The summed E-state index contributed by atoms with van der Waals surface area (Å²) in [6.45, 7) is -0.513. The lowest BCUT2D eigenvalue weighted by Crippen LogP contribution is -2.36. The number of sulfonamides is 1. The third-order valence-corrected chi connectivity index (χ3v) is 6.24. The molecule has 1 heterocycles. The van der Waals surface area contributed by atoms with E-state index in [2.05, 4.69) is 9.47 Å². The van der Waals surface area contributed by atoms with Crippen molar-refractivity contribution in [3.8, 4) is 0 Å². The highest BCUT2D eigenvalue weighted by atomic mass is 32.2. The Morgan fingerprint density at radius 3 is 2.46 bits per heavy atom. The predicted octanol–water partition coefficient (Wildman–Crippen LogP) is 1.90. The molecule has 24 heavy (non-hydrogen) atoms. The van der Waals surface area contributed by atoms with Gasteiger partial charge in [0, 0.05) is 0 Å². The van der Waals surface area contributed by atoms with E-state index >= 15 is 0 Å². The fraction of sp³-hybridized carbons (Fsp3) is 0.200. The standard InChI is InChI=1S/C15H15NO6S2/c1-21-13(17)10-16(24(19,20)14-7-4-8-23-14)12-6-3-5-11(9-12)15(18)22-2/h3-9H,10H2,1-2H3. The number of thiophene rings is 1. The maximum absolute atomic E-state index is 12.8. The molecular formula is C15H15NO6S2. The monoisotopic (exact) mass is 369 g/mol. The Labute approximate surface area is 143 Å². The molecule has 0 N–H and O–H groups in total. The van der Waals surface area contributed by atoms with E-state index in [1.54, 1.807) is 11.4 Å². The molecule has 2 aromatic rings. The van der Waals surface area contributed by atoms with E-state index in [9.17, 15) is 18.0 Å². The number of rotatable bonds is 6. The summed E-state index contributed by atoms with van der Waals surface area (Å²) in [6.07, 6.45) is 0. The number of hydrogen-bond acceptors (Lipinski definition) is 7. The average molecular weight is 369 g/mol. The van der Waals surface area contributed by atoms with E-state index in [4.69, 9.17) is 0 Å². The third kappa shape index (κ3) is 3.74. The van der Waals surface area contributed by atoms with Crippen LogP contribution in [0.1, 0.15) is 10.4 Å². The maximum atomic E-state index is 12.8. The van der Waals surface area contributed by atoms with Crippen molar-refractivity contribution in [2.75, 3.05) is 25.1 Å². The second kappa shape index (κ2) is 7.45. The molecule has 0 saturated heterocycles. The average Bonchev–Trinajstić information content (AvgIpc) is 3.14. The van der Waals surface area contributed by atoms with Crippen LogP contribution in [0.2, 0.25) is 0 Å². The maximum Gasteiger partial charge on any atom is 0.337 e. The van der Waals surface area contributed by atoms with E-state index in [0.29, 0.717) is 0 Å². The number of methoxy groups -OCH3 is 2. The number of hydrogen-bond donors (Lipinski definition) is 0. The summed E-state index contributed by atoms with van der Waals surface area (Å²) in [6, 6.07) is 8.87. The van der Waals surface area contributed by atoms with Crippen molar-refractivity contribution in [2.45, 2.75) is 4.21 Å². The summed E-state index contributed by atoms with van der Waals surface area (Å²) in [5, 5.41) is 1.62. The Balaban J connectivity index is 2.51. The molecule has 7 nitrogen and oxygen atoms in total. The van der Waals surface area contributed by atoms with Gasteiger partial charge in [0.1, 0.15) is 10.8 Å². The van der Waals surface area contributed by atoms with Crippen molar-refractivity contribution < 1.29 is 27.5 Å². The molecule has 0 bridgehead atoms. The lowest BCUT2D eigenvalue weighted by Gasteiger charge is -2.22. The lowest BCUT2D eigenvalue weighted by molar-refractivity contribution is -0.138. The van der Waals surface area contributed by atoms with E-state index in [1.807, 2.05) is 0 Å². The van der Waals surface area contributed by atoms with Crippen molar-refractivity contribution >= 4 is 39.0 Å². The number of benzene rings is 1. The van der Waals surface area contributed by atoms with Gasteiger partial charge in [-0.05, 0) is 29.6 Å². The van der Waals surface area contributed by atoms with Gasteiger partial charge in [-0.3, -0.25) is 9.10 Å². The van der Waals surface area contributed by atoms with Gasteiger partial charge < -0.3 is 9.47 Å². The molecule has 9 heteroatoms. The lowest BCUT2D eigenvalue weighted by atomic mass is 10.2. The number of nitrogens with zero attached hydrogens (tertiary/aromatic N) is 1. The van der Waals surface area contributed by atoms with Crippen LogP contribution in [0.3, 0.4) is 0 Å². The Morgan fingerprint density at radius 1 is 1.12 bits per heavy atom. The summed E-state index contributed by atoms with van der Waals surface area (Å²) < 4.78 is 35.8. The van der Waals surface area contributed by atoms with Crippen molar-refractivity contribution in [3.63, 3.8) is 0 Å². The van der Waals surface area contributed by atoms with Crippen LogP contribution in [0.25, 0.3) is 0 Å². The molecule has 0 fully saturated rings. The van der Waals surface area contributed by atoms with Gasteiger partial charge in [0.2, 0.25) is 0 Å². The van der Waals surface area contributed by atoms with Crippen molar-refractivity contribution in [1.29, 1.82) is 0 Å². The van der Waals surface area contributed by atoms with Crippen LogP contribution in [0.15, 0.2) is 46.0 Å². The summed E-state index contributed by atoms with van der Waals surface area (Å²) >= 11 is 1.03. The Morgan fingerprint density at radius 2 is 1.88 bits per heavy atom. The van der Waals surface area contributed by atoms with E-state index in [0.717, 1.165) is 15.6 Å². The van der Waals surface area contributed by atoms with E-state index in [-0.39, 0.29) is 15.5 Å². The zero-order valence-electron chi connectivity index (χ0n) is 13.0. The number of carbonyl (C=O) groups excluding carboxylic acids is 2. The minimum Gasteiger partial charge on any atom is -0.468 e. The minimum absolute atomic E-state index is 0.0786. The summed E-state index contributed by atoms with van der Waals surface area (Å²) in [5.41, 5.74) is 0.336. The molecule has 0 saturated carbocycles. The molecule has 0 amide bonds. The van der Waals surface area contributed by atoms with Crippen LogP contribution in [-0.4, -0.2) is 41.1 Å². The van der Waals surface area contributed by atoms with Gasteiger partial charge in [-0.15, -0.1) is 11.3 Å². The fourth-order valence-electron chi connectivity index (χ4n) is 1.92. The van der Waals surface area contributed by atoms with Crippen LogP contribution >= 0.6 is 11.3 Å². The third-order valence-electron chi connectivity index (χ3n) is 3.10. The zero-order chi connectivity index (χ0) is 17.7. The molecule has 0 aliphatic rings. The molecule has 0 spiro atoms. The first-order valence-electron chi connectivity index (χ1n) is 6.71. The highest BCUT2D eigenvalue weighted by Crippen LogP contribution is 2.27. The summed E-state index contributed by atoms with van der Waals surface area (Å²) in [4.78, 5) is 23.3. The van der Waals surface area contributed by atoms with Gasteiger partial charge in [0.05, 0.1) is 25.5 Å². The first kappa shape index (κ1) is 18.0. The second-order valence-corrected chi connectivity index (χ2v) is 7.60. The van der Waals surface area contributed by atoms with Crippen molar-refractivity contribution in [3.05, 3.63) is 47.3 Å². The van der Waals surface area contributed by atoms with Gasteiger partial charge in [-0.1, -0.05) is 12.1 Å². The fourth-order valence-corrected chi connectivity index (χ4v) is 4.43. The summed E-state index contributed by atoms with van der Waals surface area (Å²) in [5.74, 6) is -1.33. The molecule has 0 aliphatic heterocycles. The predicted molar refractivity (Wildman–Crippen MR) is 88.6 cm³/mol. The Bertz CT molecular complexity index is 829. The van der Waals surface area contributed by atoms with Gasteiger partial charge in [0.15, 0.2) is 0 Å². The van der Waals surface area contributed by atoms with Crippen LogP contribution in [0, 0.1) is 0 Å². The minimum atomic E-state index is -3.97. The van der Waals surface area contributed by atoms with E-state index < -0.39 is 28.5 Å². The SMILES string of the molecule is COC(=O)CN(c1cccc(C(=O)OC)c1)S(=O)(=O)c1cccs1. The number of anilines is 1. The molecule has 0 unspecified atom stereocenters. The quantitative estimate of drug-likeness (QED) is 0.723. The number of ether oxygens (including phenoxy) is 2. The second-order valence-electron chi connectivity index (χ2n) is 4.56. The molecule has 1 aromatic carbocycles. The van der Waals surface area contributed by atoms with Crippen LogP contribution in [0.4, 0.5) is 5.69 Å². The first-order chi connectivity index (χ1) is 11.4. The largest absolute Gasteiger partial charge is 0.468 e. The molecule has 0 atom stereocenters. The van der Waals surface area contributed by atoms with Crippen molar-refractivity contribution in [2.24, 2.45) is 0 Å². The number of esters is 2. The molecule has 2 rings (SSSR count). The Kier molecular flexibility index (Phi) is 5.58. The highest BCUT2D eigenvalue weighted by molar-refractivity contribution is 7.94. The molecule has 0 radical (unpaired) electrons. The Hall–Kier alpha value is -2.39. The molecule has 128 valence electrons. The van der Waals surface area contributed by atoms with E-state index in [1.165, 1.54) is 44.6 Å². The normalized spacial score (nSPS) is 10.9. The van der Waals surface area contributed by atoms with Gasteiger partial charge in [-0.25, -0.2) is 13.2 Å². The van der Waals surface area contributed by atoms with Crippen LogP contribution in [-0.2, 0) is 24.3 Å². The summed E-state index contributed by atoms with van der Waals surface area (Å²) in [7, 11) is -1.57. The molecule has 0 aliphatic carbocycles.